The number of halogens is 12. The Bertz CT molecular complexity index is 2770. The molecule has 10 unspecified atom stereocenters. The maximum atomic E-state index is 14.6. The van der Waals surface area contributed by atoms with Gasteiger partial charge in [0.05, 0.1) is 35.0 Å². The van der Waals surface area contributed by atoms with Crippen molar-refractivity contribution in [2.75, 3.05) is 19.8 Å². The molecule has 3 aromatic rings. The van der Waals surface area contributed by atoms with Crippen LogP contribution in [0, 0.1) is 35.5 Å². The van der Waals surface area contributed by atoms with E-state index in [1.165, 1.54) is 60.7 Å². The van der Waals surface area contributed by atoms with Crippen molar-refractivity contribution in [3.8, 4) is 17.2 Å². The molecule has 9 nitrogen and oxygen atoms in total. The predicted octanol–water partition coefficient (Wildman–Crippen LogP) is 18.3. The Morgan fingerprint density at radius 1 is 0.522 bits per heavy atom. The van der Waals surface area contributed by atoms with Crippen LogP contribution in [0.15, 0.2) is 146 Å². The van der Waals surface area contributed by atoms with Crippen LogP contribution in [-0.4, -0.2) is 90.0 Å². The lowest BCUT2D eigenvalue weighted by Crippen LogP contribution is -2.21. The smallest absolute Gasteiger partial charge is 0.416 e. The molecule has 3 N–H and O–H groups in total. The topological polar surface area (TPSA) is 124 Å². The largest absolute Gasteiger partial charge is 0.491 e. The number of unbranched alkanes of at least 4 members (excludes halogenated alkanes) is 6. The number of aliphatic hydroxyl groups is 3. The Kier molecular flexibility index (Phi) is 35.5. The highest BCUT2D eigenvalue weighted by Crippen LogP contribution is 2.43. The molecule has 6 rings (SSSR count). The molecule has 3 aliphatic rings. The van der Waals surface area contributed by atoms with Crippen molar-refractivity contribution in [3.63, 3.8) is 0 Å². The van der Waals surface area contributed by atoms with Gasteiger partial charge in [-0.25, -0.2) is 13.2 Å². The minimum absolute atomic E-state index is 0.00738. The standard InChI is InChI=1S/C23H31F4O3P.C23H29F4O3P.C23H30F4O3/c2*1-2-3-4-5-6-10-20-19(21(24)14-22(20)30-31)12-11-17(28)15-29-18-9-7-8-16(13-18)23(25,26)27;1-2-3-4-5-6-10-20-19(21(24)14-22(20)29)12-11-17(28)15-30-18-9-7-8-16(13-18)23(25,26)27/h5-9,11-13,17,19-22,28H,2-4,10,14-15,31H2,1H3;5-9,11-13,19-22H,2-4,10,14-15,31H2,1H3;5-9,11-13,17,19-22,28-29H,2-4,10,14-15H2,1H3/b3*6-5-,12-11+/t17?,19-,20-,21?,22?;19-,20-,21?,22?;17?,19-,20-,21?,22?/m111/s1. The molecular weight excluding hydrogens is 1260 g/mol. The number of hydrogen-bond donors (Lipinski definition) is 3. The fourth-order valence-electron chi connectivity index (χ4n) is 11.0. The van der Waals surface area contributed by atoms with Crippen LogP contribution in [0.2, 0.25) is 0 Å². The van der Waals surface area contributed by atoms with Crippen LogP contribution >= 0.6 is 18.9 Å². The molecule has 16 atom stereocenters. The zero-order valence-corrected chi connectivity index (χ0v) is 54.5. The monoisotopic (exact) mass is 1350 g/mol. The molecular formula is C69H90F12O9P2. The summed E-state index contributed by atoms with van der Waals surface area (Å²) in [4.78, 5) is 12.1. The van der Waals surface area contributed by atoms with E-state index < -0.39 is 102 Å². The highest BCUT2D eigenvalue weighted by atomic mass is 31.0. The maximum absolute atomic E-state index is 14.6. The molecule has 3 aliphatic carbocycles. The van der Waals surface area contributed by atoms with Gasteiger partial charge in [-0.05, 0) is 117 Å². The van der Waals surface area contributed by atoms with Gasteiger partial charge in [-0.15, -0.1) is 0 Å². The lowest BCUT2D eigenvalue weighted by Gasteiger charge is -2.21. The molecule has 0 saturated heterocycles. The van der Waals surface area contributed by atoms with Crippen molar-refractivity contribution in [1.29, 1.82) is 0 Å². The summed E-state index contributed by atoms with van der Waals surface area (Å²) in [5, 5.41) is 30.4. The van der Waals surface area contributed by atoms with Crippen LogP contribution in [0.3, 0.4) is 0 Å². The average molecular weight is 1350 g/mol. The number of aliphatic hydroxyl groups excluding tert-OH is 3. The number of carbonyl (C=O) groups excluding carboxylic acids is 1. The molecule has 0 bridgehead atoms. The van der Waals surface area contributed by atoms with Gasteiger partial charge in [0, 0.05) is 55.9 Å². The molecule has 0 aromatic heterocycles. The first kappa shape index (κ1) is 79.4. The summed E-state index contributed by atoms with van der Waals surface area (Å²) in [6.45, 7) is 5.43. The van der Waals surface area contributed by atoms with Crippen LogP contribution in [0.4, 0.5) is 52.7 Å². The van der Waals surface area contributed by atoms with E-state index >= 15 is 0 Å². The zero-order valence-electron chi connectivity index (χ0n) is 52.1. The summed E-state index contributed by atoms with van der Waals surface area (Å²) in [5.41, 5.74) is -2.50. The van der Waals surface area contributed by atoms with Gasteiger partial charge >= 0.3 is 18.5 Å². The summed E-state index contributed by atoms with van der Waals surface area (Å²) >= 11 is 0. The van der Waals surface area contributed by atoms with Gasteiger partial charge in [0.1, 0.15) is 61.2 Å². The van der Waals surface area contributed by atoms with E-state index in [1.54, 1.807) is 12.2 Å². The van der Waals surface area contributed by atoms with Crippen molar-refractivity contribution in [1.82, 2.24) is 0 Å². The number of hydrogen-bond acceptors (Lipinski definition) is 9. The molecule has 0 radical (unpaired) electrons. The van der Waals surface area contributed by atoms with Crippen LogP contribution in [0.1, 0.15) is 134 Å². The second-order valence-corrected chi connectivity index (χ2v) is 23.7. The Hall–Kier alpha value is -5.01. The summed E-state index contributed by atoms with van der Waals surface area (Å²) in [5.74, 6) is -2.33. The van der Waals surface area contributed by atoms with Crippen molar-refractivity contribution in [2.24, 2.45) is 35.5 Å². The summed E-state index contributed by atoms with van der Waals surface area (Å²) in [6.07, 6.45) is 12.8. The van der Waals surface area contributed by atoms with Crippen molar-refractivity contribution >= 4 is 24.7 Å². The van der Waals surface area contributed by atoms with Gasteiger partial charge < -0.3 is 38.6 Å². The maximum Gasteiger partial charge on any atom is 0.416 e. The van der Waals surface area contributed by atoms with E-state index in [4.69, 9.17) is 23.3 Å². The lowest BCUT2D eigenvalue weighted by molar-refractivity contribution is -0.138. The lowest BCUT2D eigenvalue weighted by atomic mass is 9.90. The molecule has 3 saturated carbocycles. The van der Waals surface area contributed by atoms with Gasteiger partial charge in [-0.3, -0.25) is 4.79 Å². The first-order chi connectivity index (χ1) is 43.7. The number of alkyl halides is 12. The Morgan fingerprint density at radius 2 is 0.870 bits per heavy atom. The Labute approximate surface area is 538 Å². The Balaban J connectivity index is 0.000000294. The summed E-state index contributed by atoms with van der Waals surface area (Å²) < 4.78 is 185. The molecule has 514 valence electrons. The van der Waals surface area contributed by atoms with Gasteiger partial charge in [-0.1, -0.05) is 144 Å². The third kappa shape index (κ3) is 28.1. The fraction of sp³-hybridized carbons (Fsp3) is 0.551. The van der Waals surface area contributed by atoms with Crippen LogP contribution in [-0.2, 0) is 32.4 Å². The SMILES string of the molecule is CCCC/C=C\C[C@H]1C(O)CC(F)[C@@H]1/C=C/C(O)COc1cccc(C(F)(F)F)c1.CCCC/C=C\C[C@H]1C(OP)CC(F)[C@@H]1/C=C/C(=O)COc1cccc(C(F)(F)F)c1.CCCC/C=C\C[C@H]1C(OP)CC(F)[C@@H]1/C=C/C(O)COc1cccc(C(F)(F)F)c1. The molecule has 23 heteroatoms. The van der Waals surface area contributed by atoms with Gasteiger partial charge in [0.2, 0.25) is 0 Å². The van der Waals surface area contributed by atoms with Crippen molar-refractivity contribution in [3.05, 3.63) is 162 Å². The molecule has 3 aromatic carbocycles. The number of ether oxygens (including phenoxy) is 3. The van der Waals surface area contributed by atoms with E-state index in [2.05, 4.69) is 57.9 Å². The van der Waals surface area contributed by atoms with Gasteiger partial charge in [0.25, 0.3) is 0 Å². The second kappa shape index (κ2) is 41.1. The second-order valence-electron chi connectivity index (χ2n) is 23.2. The van der Waals surface area contributed by atoms with E-state index in [9.17, 15) is 72.8 Å². The number of benzene rings is 3. The van der Waals surface area contributed by atoms with E-state index in [0.717, 1.165) is 94.2 Å². The van der Waals surface area contributed by atoms with Crippen LogP contribution in [0.5, 0.6) is 17.2 Å². The molecule has 0 amide bonds. The quantitative estimate of drug-likeness (QED) is 0.0184. The zero-order chi connectivity index (χ0) is 67.9. The first-order valence-corrected chi connectivity index (χ1v) is 32.3. The summed E-state index contributed by atoms with van der Waals surface area (Å²) in [7, 11) is 4.40. The number of carbonyl (C=O) groups is 1. The van der Waals surface area contributed by atoms with Crippen molar-refractivity contribution < 1.29 is 96.1 Å². The molecule has 0 aliphatic heterocycles. The average Bonchev–Trinajstić information content (AvgIpc) is 2.76. The number of rotatable bonds is 32. The van der Waals surface area contributed by atoms with Gasteiger partial charge in [-0.2, -0.15) is 39.5 Å². The minimum Gasteiger partial charge on any atom is -0.491 e. The fourth-order valence-corrected chi connectivity index (χ4v) is 11.7. The Morgan fingerprint density at radius 3 is 1.24 bits per heavy atom. The van der Waals surface area contributed by atoms with Crippen LogP contribution in [0.25, 0.3) is 0 Å². The highest BCUT2D eigenvalue weighted by molar-refractivity contribution is 7.10. The normalized spacial score (nSPS) is 25.3. The van der Waals surface area contributed by atoms with E-state index in [0.29, 0.717) is 19.3 Å². The van der Waals surface area contributed by atoms with E-state index in [1.807, 2.05) is 18.2 Å². The molecule has 3 fully saturated rings. The first-order valence-electron chi connectivity index (χ1n) is 31.3. The van der Waals surface area contributed by atoms with Crippen LogP contribution < -0.4 is 14.2 Å². The third-order valence-electron chi connectivity index (χ3n) is 16.1. The van der Waals surface area contributed by atoms with Crippen molar-refractivity contribution in [2.45, 2.75) is 185 Å². The number of allylic oxidation sites excluding steroid dienone is 9. The van der Waals surface area contributed by atoms with Gasteiger partial charge in [0.15, 0.2) is 12.4 Å². The van der Waals surface area contributed by atoms with E-state index in [-0.39, 0.29) is 79.7 Å². The number of ketones is 1. The third-order valence-corrected chi connectivity index (χ3v) is 16.8. The molecule has 0 spiro atoms. The minimum atomic E-state index is -4.49. The summed E-state index contributed by atoms with van der Waals surface area (Å²) in [6, 6.07) is 13.2. The predicted molar refractivity (Wildman–Crippen MR) is 340 cm³/mol. The highest BCUT2D eigenvalue weighted by Gasteiger charge is 2.44. The molecule has 0 heterocycles. The molecule has 92 heavy (non-hydrogen) atoms.